The number of allylic oxidation sites excluding steroid dienone is 1. The summed E-state index contributed by atoms with van der Waals surface area (Å²) in [6.45, 7) is 0. The number of carbonyl (C=O) groups is 2. The minimum atomic E-state index is -0.559. The molecule has 0 N–H and O–H groups in total. The molecule has 0 aliphatic heterocycles. The highest BCUT2D eigenvalue weighted by Gasteiger charge is 2.14. The molecule has 0 bridgehead atoms. The van der Waals surface area contributed by atoms with Gasteiger partial charge < -0.3 is 9.47 Å². The Morgan fingerprint density at radius 1 is 0.893 bits per heavy atom. The number of esters is 1. The third-order valence-corrected chi connectivity index (χ3v) is 4.00. The lowest BCUT2D eigenvalue weighted by Crippen LogP contribution is -2.10. The van der Waals surface area contributed by atoms with Crippen LogP contribution in [-0.2, 0) is 0 Å². The number of hydrogen-bond acceptors (Lipinski definition) is 4. The summed E-state index contributed by atoms with van der Waals surface area (Å²) >= 11 is 0. The summed E-state index contributed by atoms with van der Waals surface area (Å²) in [5.41, 5.74) is 1.03. The molecule has 0 heterocycles. The molecule has 3 aromatic rings. The average Bonchev–Trinajstić information content (AvgIpc) is 2.73. The highest BCUT2D eigenvalue weighted by molar-refractivity contribution is 6.06. The minimum absolute atomic E-state index is 0.286. The third kappa shape index (κ3) is 4.51. The van der Waals surface area contributed by atoms with Crippen molar-refractivity contribution in [1.29, 1.82) is 0 Å². The van der Waals surface area contributed by atoms with Gasteiger partial charge in [0, 0.05) is 11.1 Å². The first-order chi connectivity index (χ1) is 13.6. The van der Waals surface area contributed by atoms with Crippen molar-refractivity contribution in [3.05, 3.63) is 101 Å². The number of rotatable bonds is 6. The molecule has 140 valence electrons. The molecule has 0 aliphatic carbocycles. The first-order valence-electron chi connectivity index (χ1n) is 8.50. The van der Waals surface area contributed by atoms with E-state index in [1.807, 2.05) is 0 Å². The summed E-state index contributed by atoms with van der Waals surface area (Å²) in [5, 5.41) is 0. The molecule has 4 nitrogen and oxygen atoms in total. The number of ketones is 1. The normalized spacial score (nSPS) is 10.6. The van der Waals surface area contributed by atoms with E-state index in [4.69, 9.17) is 9.47 Å². The molecule has 0 aliphatic rings. The van der Waals surface area contributed by atoms with Crippen molar-refractivity contribution < 1.29 is 23.5 Å². The van der Waals surface area contributed by atoms with Gasteiger partial charge in [-0.3, -0.25) is 4.79 Å². The molecule has 28 heavy (non-hydrogen) atoms. The molecule has 0 saturated carbocycles. The number of halogens is 1. The predicted molar refractivity (Wildman–Crippen MR) is 104 cm³/mol. The van der Waals surface area contributed by atoms with Crippen LogP contribution in [0.4, 0.5) is 4.39 Å². The number of hydrogen-bond donors (Lipinski definition) is 0. The zero-order chi connectivity index (χ0) is 19.9. The zero-order valence-electron chi connectivity index (χ0n) is 15.1. The van der Waals surface area contributed by atoms with Gasteiger partial charge in [0.05, 0.1) is 7.11 Å². The second-order valence-corrected chi connectivity index (χ2v) is 5.83. The zero-order valence-corrected chi connectivity index (χ0v) is 15.1. The maximum atomic E-state index is 13.6. The standard InChI is InChI=1S/C23H17FO4/c1-27-22-9-5-3-7-19(22)23(26)28-18-13-10-17(11-14-18)21(25)15-12-16-6-2-4-8-20(16)24/h2-15H,1H3/b15-12+. The van der Waals surface area contributed by atoms with E-state index in [1.54, 1.807) is 54.6 Å². The van der Waals surface area contributed by atoms with E-state index in [2.05, 4.69) is 0 Å². The van der Waals surface area contributed by atoms with Crippen LogP contribution in [0.1, 0.15) is 26.3 Å². The smallest absolute Gasteiger partial charge is 0.347 e. The van der Waals surface area contributed by atoms with Crippen LogP contribution >= 0.6 is 0 Å². The molecule has 5 heteroatoms. The maximum Gasteiger partial charge on any atom is 0.347 e. The fourth-order valence-electron chi connectivity index (χ4n) is 2.53. The average molecular weight is 376 g/mol. The summed E-state index contributed by atoms with van der Waals surface area (Å²) < 4.78 is 24.1. The molecule has 3 rings (SSSR count). The molecule has 3 aromatic carbocycles. The van der Waals surface area contributed by atoms with Crippen molar-refractivity contribution in [2.45, 2.75) is 0 Å². The largest absolute Gasteiger partial charge is 0.496 e. The van der Waals surface area contributed by atoms with Crippen LogP contribution in [0, 0.1) is 5.82 Å². The Morgan fingerprint density at radius 2 is 1.57 bits per heavy atom. The van der Waals surface area contributed by atoms with Gasteiger partial charge >= 0.3 is 5.97 Å². The van der Waals surface area contributed by atoms with Crippen LogP contribution in [0.15, 0.2) is 78.9 Å². The van der Waals surface area contributed by atoms with E-state index in [1.165, 1.54) is 37.5 Å². The Kier molecular flexibility index (Phi) is 5.97. The second kappa shape index (κ2) is 8.77. The van der Waals surface area contributed by atoms with Crippen LogP contribution in [0.25, 0.3) is 6.08 Å². The lowest BCUT2D eigenvalue weighted by atomic mass is 10.1. The quantitative estimate of drug-likeness (QED) is 0.264. The van der Waals surface area contributed by atoms with E-state index in [9.17, 15) is 14.0 Å². The second-order valence-electron chi connectivity index (χ2n) is 5.83. The van der Waals surface area contributed by atoms with Crippen molar-refractivity contribution in [1.82, 2.24) is 0 Å². The predicted octanol–water partition coefficient (Wildman–Crippen LogP) is 4.95. The van der Waals surface area contributed by atoms with Crippen molar-refractivity contribution in [3.63, 3.8) is 0 Å². The van der Waals surface area contributed by atoms with E-state index >= 15 is 0 Å². The van der Waals surface area contributed by atoms with Crippen molar-refractivity contribution in [3.8, 4) is 11.5 Å². The Balaban J connectivity index is 1.68. The van der Waals surface area contributed by atoms with Gasteiger partial charge in [-0.1, -0.05) is 30.3 Å². The number of benzene rings is 3. The molecule has 0 atom stereocenters. The third-order valence-electron chi connectivity index (χ3n) is 4.00. The van der Waals surface area contributed by atoms with E-state index < -0.39 is 11.8 Å². The fraction of sp³-hybridized carbons (Fsp3) is 0.0435. The highest BCUT2D eigenvalue weighted by atomic mass is 19.1. The first-order valence-corrected chi connectivity index (χ1v) is 8.50. The number of carbonyl (C=O) groups excluding carboxylic acids is 2. The summed E-state index contributed by atoms with van der Waals surface area (Å²) in [7, 11) is 1.47. The topological polar surface area (TPSA) is 52.6 Å². The minimum Gasteiger partial charge on any atom is -0.496 e. The van der Waals surface area contributed by atoms with Gasteiger partial charge in [-0.15, -0.1) is 0 Å². The van der Waals surface area contributed by atoms with E-state index in [0.29, 0.717) is 28.2 Å². The Bertz CT molecular complexity index is 1020. The van der Waals surface area contributed by atoms with Crippen LogP contribution < -0.4 is 9.47 Å². The van der Waals surface area contributed by atoms with Gasteiger partial charge in [0.15, 0.2) is 5.78 Å². The monoisotopic (exact) mass is 376 g/mol. The number of para-hydroxylation sites is 1. The fourth-order valence-corrected chi connectivity index (χ4v) is 2.53. The van der Waals surface area contributed by atoms with Crippen molar-refractivity contribution >= 4 is 17.8 Å². The van der Waals surface area contributed by atoms with Crippen LogP contribution in [0.2, 0.25) is 0 Å². The number of methoxy groups -OCH3 is 1. The summed E-state index contributed by atoms with van der Waals surface area (Å²) in [4.78, 5) is 24.5. The van der Waals surface area contributed by atoms with Gasteiger partial charge in [-0.2, -0.15) is 0 Å². The molecule has 0 unspecified atom stereocenters. The molecular weight excluding hydrogens is 359 g/mol. The molecule has 0 saturated heterocycles. The van der Waals surface area contributed by atoms with Crippen LogP contribution in [0.5, 0.6) is 11.5 Å². The molecule has 0 aromatic heterocycles. The first kappa shape index (κ1) is 19.0. The molecule has 0 amide bonds. The molecule has 0 spiro atoms. The molecular formula is C23H17FO4. The van der Waals surface area contributed by atoms with Gasteiger partial charge in [-0.25, -0.2) is 9.18 Å². The Morgan fingerprint density at radius 3 is 2.29 bits per heavy atom. The van der Waals surface area contributed by atoms with Crippen molar-refractivity contribution in [2.24, 2.45) is 0 Å². The molecule has 0 radical (unpaired) electrons. The van der Waals surface area contributed by atoms with E-state index in [-0.39, 0.29) is 5.78 Å². The highest BCUT2D eigenvalue weighted by Crippen LogP contribution is 2.21. The van der Waals surface area contributed by atoms with Gasteiger partial charge in [0.25, 0.3) is 0 Å². The van der Waals surface area contributed by atoms with Crippen LogP contribution in [0.3, 0.4) is 0 Å². The Hall–Kier alpha value is -3.73. The van der Waals surface area contributed by atoms with E-state index in [0.717, 1.165) is 0 Å². The van der Waals surface area contributed by atoms with Crippen LogP contribution in [-0.4, -0.2) is 18.9 Å². The van der Waals surface area contributed by atoms with Gasteiger partial charge in [0.1, 0.15) is 22.9 Å². The van der Waals surface area contributed by atoms with Gasteiger partial charge in [-0.05, 0) is 54.6 Å². The lowest BCUT2D eigenvalue weighted by Gasteiger charge is -2.08. The molecule has 0 fully saturated rings. The summed E-state index contributed by atoms with van der Waals surface area (Å²) in [6.07, 6.45) is 2.72. The number of ether oxygens (including phenoxy) is 2. The SMILES string of the molecule is COc1ccccc1C(=O)Oc1ccc(C(=O)/C=C/c2ccccc2F)cc1. The van der Waals surface area contributed by atoms with Crippen molar-refractivity contribution in [2.75, 3.05) is 7.11 Å². The lowest BCUT2D eigenvalue weighted by molar-refractivity contribution is 0.0731. The maximum absolute atomic E-state index is 13.6. The van der Waals surface area contributed by atoms with Gasteiger partial charge in [0.2, 0.25) is 0 Å². The summed E-state index contributed by atoms with van der Waals surface area (Å²) in [6, 6.07) is 19.1. The summed E-state index contributed by atoms with van der Waals surface area (Å²) in [5.74, 6) is -0.532. The Labute approximate surface area is 161 Å².